The zero-order valence-electron chi connectivity index (χ0n) is 21.0. The number of rotatable bonds is 4. The highest BCUT2D eigenvalue weighted by Gasteiger charge is 2.41. The molecule has 1 unspecified atom stereocenters. The Balaban J connectivity index is 1.28. The fourth-order valence-electron chi connectivity index (χ4n) is 5.85. The van der Waals surface area contributed by atoms with Crippen LogP contribution in [0.5, 0.6) is 0 Å². The molecule has 0 bridgehead atoms. The van der Waals surface area contributed by atoms with Gasteiger partial charge in [0, 0.05) is 66.6 Å². The van der Waals surface area contributed by atoms with E-state index in [1.807, 2.05) is 48.3 Å². The number of carbonyl (C=O) groups is 2. The summed E-state index contributed by atoms with van der Waals surface area (Å²) >= 11 is 0. The maximum atomic E-state index is 13.6. The summed E-state index contributed by atoms with van der Waals surface area (Å²) in [6, 6.07) is 22.1. The van der Waals surface area contributed by atoms with Gasteiger partial charge in [0.15, 0.2) is 0 Å². The Morgan fingerprint density at radius 2 is 1.59 bits per heavy atom. The van der Waals surface area contributed by atoms with Crippen molar-refractivity contribution in [2.45, 2.75) is 13.0 Å². The van der Waals surface area contributed by atoms with E-state index in [1.165, 1.54) is 12.1 Å². The SMILES string of the molecule is Cc1c(C2c3ccccc3C(=O)N2CC(=O)N2CCN(c3ccc(F)cc3)CC2)c2ccccc2n1C. The molecule has 37 heavy (non-hydrogen) atoms. The van der Waals surface area contributed by atoms with Crippen molar-refractivity contribution in [3.8, 4) is 0 Å². The maximum Gasteiger partial charge on any atom is 0.255 e. The Bertz CT molecular complexity index is 1500. The van der Waals surface area contributed by atoms with Crippen LogP contribution in [0.1, 0.15) is 33.2 Å². The molecule has 0 radical (unpaired) electrons. The lowest BCUT2D eigenvalue weighted by Crippen LogP contribution is -2.51. The van der Waals surface area contributed by atoms with Crippen LogP contribution < -0.4 is 4.90 Å². The van der Waals surface area contributed by atoms with Gasteiger partial charge in [-0.05, 0) is 48.9 Å². The second-order valence-electron chi connectivity index (χ2n) is 9.84. The second kappa shape index (κ2) is 9.07. The van der Waals surface area contributed by atoms with Gasteiger partial charge in [0.1, 0.15) is 12.4 Å². The van der Waals surface area contributed by atoms with Crippen molar-refractivity contribution in [2.24, 2.45) is 7.05 Å². The number of para-hydroxylation sites is 1. The molecule has 2 aliphatic rings. The molecule has 6 rings (SSSR count). The Morgan fingerprint density at radius 1 is 0.919 bits per heavy atom. The van der Waals surface area contributed by atoms with E-state index in [1.54, 1.807) is 17.0 Å². The van der Waals surface area contributed by atoms with Crippen molar-refractivity contribution in [3.63, 3.8) is 0 Å². The fourth-order valence-corrected chi connectivity index (χ4v) is 5.85. The summed E-state index contributed by atoms with van der Waals surface area (Å²) in [5.41, 5.74) is 5.82. The molecule has 0 spiro atoms. The number of halogens is 1. The summed E-state index contributed by atoms with van der Waals surface area (Å²) in [5.74, 6) is -0.418. The van der Waals surface area contributed by atoms with Gasteiger partial charge in [0.05, 0.1) is 6.04 Å². The van der Waals surface area contributed by atoms with Crippen LogP contribution in [-0.4, -0.2) is 58.9 Å². The third kappa shape index (κ3) is 3.86. The molecule has 6 nitrogen and oxygen atoms in total. The highest BCUT2D eigenvalue weighted by molar-refractivity contribution is 6.02. The number of carbonyl (C=O) groups excluding carboxylic acids is 2. The summed E-state index contributed by atoms with van der Waals surface area (Å²) in [4.78, 5) is 32.9. The van der Waals surface area contributed by atoms with Crippen LogP contribution in [0.25, 0.3) is 10.9 Å². The number of anilines is 1. The summed E-state index contributed by atoms with van der Waals surface area (Å²) in [6.45, 7) is 4.55. The molecule has 1 aromatic heterocycles. The molecular formula is C30H29FN4O2. The Hall–Kier alpha value is -4.13. The van der Waals surface area contributed by atoms with Crippen LogP contribution >= 0.6 is 0 Å². The van der Waals surface area contributed by atoms with Crippen molar-refractivity contribution in [2.75, 3.05) is 37.6 Å². The van der Waals surface area contributed by atoms with Gasteiger partial charge >= 0.3 is 0 Å². The fraction of sp³-hybridized carbons (Fsp3) is 0.267. The van der Waals surface area contributed by atoms with Crippen LogP contribution in [0.15, 0.2) is 72.8 Å². The highest BCUT2D eigenvalue weighted by atomic mass is 19.1. The van der Waals surface area contributed by atoms with E-state index in [2.05, 4.69) is 28.5 Å². The minimum Gasteiger partial charge on any atom is -0.368 e. The quantitative estimate of drug-likeness (QED) is 0.418. The molecule has 1 fully saturated rings. The monoisotopic (exact) mass is 496 g/mol. The normalized spacial score (nSPS) is 17.5. The maximum absolute atomic E-state index is 13.6. The third-order valence-electron chi connectivity index (χ3n) is 7.91. The second-order valence-corrected chi connectivity index (χ2v) is 9.84. The molecule has 188 valence electrons. The van der Waals surface area contributed by atoms with Crippen molar-refractivity contribution < 1.29 is 14.0 Å². The lowest BCUT2D eigenvalue weighted by Gasteiger charge is -2.37. The third-order valence-corrected chi connectivity index (χ3v) is 7.91. The summed E-state index contributed by atoms with van der Waals surface area (Å²) < 4.78 is 15.5. The molecule has 3 aromatic carbocycles. The van der Waals surface area contributed by atoms with Crippen LogP contribution in [0.3, 0.4) is 0 Å². The van der Waals surface area contributed by atoms with E-state index in [4.69, 9.17) is 0 Å². The molecule has 0 N–H and O–H groups in total. The molecule has 0 aliphatic carbocycles. The van der Waals surface area contributed by atoms with Gasteiger partial charge in [-0.3, -0.25) is 9.59 Å². The molecule has 2 aliphatic heterocycles. The topological polar surface area (TPSA) is 48.8 Å². The minimum absolute atomic E-state index is 0.0252. The molecule has 1 atom stereocenters. The molecule has 3 heterocycles. The van der Waals surface area contributed by atoms with E-state index in [9.17, 15) is 14.0 Å². The van der Waals surface area contributed by atoms with E-state index >= 15 is 0 Å². The van der Waals surface area contributed by atoms with Gasteiger partial charge < -0.3 is 19.3 Å². The van der Waals surface area contributed by atoms with Gasteiger partial charge in [-0.15, -0.1) is 0 Å². The first kappa shape index (κ1) is 23.3. The lowest BCUT2D eigenvalue weighted by molar-refractivity contribution is -0.132. The van der Waals surface area contributed by atoms with Gasteiger partial charge in [-0.25, -0.2) is 4.39 Å². The smallest absolute Gasteiger partial charge is 0.255 e. The van der Waals surface area contributed by atoms with E-state index < -0.39 is 0 Å². The first-order valence-electron chi connectivity index (χ1n) is 12.7. The number of hydrogen-bond donors (Lipinski definition) is 0. The largest absolute Gasteiger partial charge is 0.368 e. The zero-order chi connectivity index (χ0) is 25.7. The predicted molar refractivity (Wildman–Crippen MR) is 142 cm³/mol. The van der Waals surface area contributed by atoms with Gasteiger partial charge in [0.2, 0.25) is 5.91 Å². The number of nitrogens with zero attached hydrogens (tertiary/aromatic N) is 4. The van der Waals surface area contributed by atoms with E-state index in [0.717, 1.165) is 33.4 Å². The van der Waals surface area contributed by atoms with E-state index in [0.29, 0.717) is 31.7 Å². The Labute approximate surface area is 215 Å². The van der Waals surface area contributed by atoms with Crippen molar-refractivity contribution in [1.29, 1.82) is 0 Å². The molecule has 1 saturated heterocycles. The number of fused-ring (bicyclic) bond motifs is 2. The summed E-state index contributed by atoms with van der Waals surface area (Å²) in [7, 11) is 2.04. The predicted octanol–water partition coefficient (Wildman–Crippen LogP) is 4.52. The van der Waals surface area contributed by atoms with Crippen molar-refractivity contribution in [3.05, 3.63) is 101 Å². The van der Waals surface area contributed by atoms with Gasteiger partial charge in [-0.2, -0.15) is 0 Å². The van der Waals surface area contributed by atoms with Crippen LogP contribution in [-0.2, 0) is 11.8 Å². The number of benzene rings is 3. The van der Waals surface area contributed by atoms with Crippen molar-refractivity contribution >= 4 is 28.4 Å². The zero-order valence-corrected chi connectivity index (χ0v) is 21.0. The van der Waals surface area contributed by atoms with E-state index in [-0.39, 0.29) is 30.2 Å². The summed E-state index contributed by atoms with van der Waals surface area (Å²) in [5, 5.41) is 1.10. The number of amides is 2. The molecule has 7 heteroatoms. The first-order chi connectivity index (χ1) is 17.9. The molecule has 0 saturated carbocycles. The lowest BCUT2D eigenvalue weighted by atomic mass is 9.95. The number of hydrogen-bond acceptors (Lipinski definition) is 3. The van der Waals surface area contributed by atoms with Gasteiger partial charge in [0.25, 0.3) is 5.91 Å². The number of aryl methyl sites for hydroxylation is 1. The number of aromatic nitrogens is 1. The standard InChI is InChI=1S/C30H29FN4O2/c1-20-28(25-9-5-6-10-26(25)32(20)2)29-23-7-3-4-8-24(23)30(37)35(29)19-27(36)34-17-15-33(16-18-34)22-13-11-21(31)12-14-22/h3-14,29H,15-19H2,1-2H3. The number of piperazine rings is 1. The average Bonchev–Trinajstić information content (AvgIpc) is 3.34. The Morgan fingerprint density at radius 3 is 2.35 bits per heavy atom. The van der Waals surface area contributed by atoms with Gasteiger partial charge in [-0.1, -0.05) is 36.4 Å². The highest BCUT2D eigenvalue weighted by Crippen LogP contribution is 2.43. The molecular weight excluding hydrogens is 467 g/mol. The Kier molecular flexibility index (Phi) is 5.71. The average molecular weight is 497 g/mol. The molecule has 4 aromatic rings. The minimum atomic E-state index is -0.320. The summed E-state index contributed by atoms with van der Waals surface area (Å²) in [6.07, 6.45) is 0. The van der Waals surface area contributed by atoms with Crippen LogP contribution in [0.2, 0.25) is 0 Å². The van der Waals surface area contributed by atoms with Crippen LogP contribution in [0, 0.1) is 12.7 Å². The van der Waals surface area contributed by atoms with Crippen LogP contribution in [0.4, 0.5) is 10.1 Å². The molecule has 2 amide bonds. The van der Waals surface area contributed by atoms with Crippen molar-refractivity contribution in [1.82, 2.24) is 14.4 Å². The first-order valence-corrected chi connectivity index (χ1v) is 12.7.